The minimum atomic E-state index is -3.76. The third-order valence-electron chi connectivity index (χ3n) is 6.04. The van der Waals surface area contributed by atoms with Crippen molar-refractivity contribution >= 4 is 26.7 Å². The van der Waals surface area contributed by atoms with Crippen LogP contribution < -0.4 is 0 Å². The fourth-order valence-electron chi connectivity index (χ4n) is 4.27. The molecule has 164 valence electrons. The molecule has 1 saturated heterocycles. The van der Waals surface area contributed by atoms with Gasteiger partial charge in [-0.05, 0) is 47.4 Å². The molecular weight excluding hydrogens is 422 g/mol. The first kappa shape index (κ1) is 22.0. The third-order valence-corrected chi connectivity index (χ3v) is 8.00. The lowest BCUT2D eigenvalue weighted by atomic mass is 9.96. The average Bonchev–Trinajstić information content (AvgIpc) is 2.83. The maximum absolute atomic E-state index is 13.0. The van der Waals surface area contributed by atoms with Gasteiger partial charge in [-0.25, -0.2) is 8.42 Å². The Morgan fingerprint density at radius 2 is 1.69 bits per heavy atom. The van der Waals surface area contributed by atoms with Crippen LogP contribution in [0.5, 0.6) is 0 Å². The van der Waals surface area contributed by atoms with E-state index >= 15 is 0 Å². The number of piperidine rings is 1. The van der Waals surface area contributed by atoms with Gasteiger partial charge in [0, 0.05) is 32.6 Å². The molecule has 1 aliphatic heterocycles. The Morgan fingerprint density at radius 3 is 2.41 bits per heavy atom. The number of carbonyl (C=O) groups excluding carboxylic acids is 1. The molecule has 0 bridgehead atoms. The summed E-state index contributed by atoms with van der Waals surface area (Å²) in [4.78, 5) is 14.8. The number of amides is 1. The fourth-order valence-corrected chi connectivity index (χ4v) is 5.88. The van der Waals surface area contributed by atoms with E-state index in [1.807, 2.05) is 24.3 Å². The van der Waals surface area contributed by atoms with Gasteiger partial charge >= 0.3 is 0 Å². The number of hydrogen-bond donors (Lipinski definition) is 0. The number of sulfonamides is 1. The van der Waals surface area contributed by atoms with E-state index in [9.17, 15) is 18.5 Å². The lowest BCUT2D eigenvalue weighted by Gasteiger charge is -2.32. The van der Waals surface area contributed by atoms with Crippen molar-refractivity contribution in [1.82, 2.24) is 9.21 Å². The number of rotatable bonds is 5. The third kappa shape index (κ3) is 4.38. The van der Waals surface area contributed by atoms with Gasteiger partial charge in [0.15, 0.2) is 0 Å². The first-order valence-electron chi connectivity index (χ1n) is 10.6. The molecule has 1 heterocycles. The first-order chi connectivity index (χ1) is 15.4. The summed E-state index contributed by atoms with van der Waals surface area (Å²) in [6.45, 7) is 1.04. The van der Waals surface area contributed by atoms with Crippen molar-refractivity contribution in [2.75, 3.05) is 20.1 Å². The summed E-state index contributed by atoms with van der Waals surface area (Å²) in [5.74, 6) is -0.175. The van der Waals surface area contributed by atoms with Crippen LogP contribution in [0, 0.1) is 17.2 Å². The van der Waals surface area contributed by atoms with Gasteiger partial charge in [0.05, 0.1) is 10.5 Å². The van der Waals surface area contributed by atoms with Gasteiger partial charge in [0.25, 0.3) is 0 Å². The van der Waals surface area contributed by atoms with Crippen LogP contribution in [0.3, 0.4) is 0 Å². The molecule has 0 radical (unpaired) electrons. The van der Waals surface area contributed by atoms with Crippen LogP contribution in [-0.4, -0.2) is 43.7 Å². The van der Waals surface area contributed by atoms with E-state index in [1.54, 1.807) is 24.1 Å². The predicted octanol–water partition coefficient (Wildman–Crippen LogP) is 3.77. The monoisotopic (exact) mass is 447 g/mol. The standard InChI is InChI=1S/C25H25N3O3S/c1-27(18-19-10-11-20-6-2-3-7-22(20)16-19)25(29)21-12-14-28(15-13-21)32(30,31)24-9-5-4-8-23(24)17-26/h2-11,16,21H,12-15,18H2,1H3. The molecule has 0 unspecified atom stereocenters. The maximum atomic E-state index is 13.0. The molecule has 0 spiro atoms. The topological polar surface area (TPSA) is 81.5 Å². The van der Waals surface area contributed by atoms with Crippen LogP contribution in [0.1, 0.15) is 24.0 Å². The summed E-state index contributed by atoms with van der Waals surface area (Å²) in [6, 6.07) is 22.5. The molecule has 6 nitrogen and oxygen atoms in total. The zero-order valence-electron chi connectivity index (χ0n) is 17.9. The van der Waals surface area contributed by atoms with Crippen LogP contribution in [0.2, 0.25) is 0 Å². The largest absolute Gasteiger partial charge is 0.341 e. The lowest BCUT2D eigenvalue weighted by Crippen LogP contribution is -2.43. The quantitative estimate of drug-likeness (QED) is 0.596. The Hall–Kier alpha value is -3.21. The summed E-state index contributed by atoms with van der Waals surface area (Å²) in [7, 11) is -1.96. The molecule has 0 atom stereocenters. The molecule has 0 saturated carbocycles. The van der Waals surface area contributed by atoms with E-state index in [-0.39, 0.29) is 35.4 Å². The fraction of sp³-hybridized carbons (Fsp3) is 0.280. The van der Waals surface area contributed by atoms with Gasteiger partial charge in [-0.1, -0.05) is 48.5 Å². The van der Waals surface area contributed by atoms with Crippen LogP contribution >= 0.6 is 0 Å². The molecule has 3 aromatic rings. The van der Waals surface area contributed by atoms with Gasteiger partial charge < -0.3 is 4.90 Å². The Balaban J connectivity index is 1.40. The van der Waals surface area contributed by atoms with Crippen LogP contribution in [0.25, 0.3) is 10.8 Å². The van der Waals surface area contributed by atoms with E-state index in [1.165, 1.54) is 16.4 Å². The Bertz CT molecular complexity index is 1290. The highest BCUT2D eigenvalue weighted by Gasteiger charge is 2.34. The first-order valence-corrected chi connectivity index (χ1v) is 12.1. The van der Waals surface area contributed by atoms with Crippen molar-refractivity contribution in [2.45, 2.75) is 24.3 Å². The SMILES string of the molecule is CN(Cc1ccc2ccccc2c1)C(=O)C1CCN(S(=O)(=O)c2ccccc2C#N)CC1. The highest BCUT2D eigenvalue weighted by Crippen LogP contribution is 2.27. The molecule has 7 heteroatoms. The average molecular weight is 448 g/mol. The summed E-state index contributed by atoms with van der Waals surface area (Å²) in [5, 5.41) is 11.6. The minimum Gasteiger partial charge on any atom is -0.341 e. The number of fused-ring (bicyclic) bond motifs is 1. The van der Waals surface area contributed by atoms with Gasteiger partial charge in [0.1, 0.15) is 6.07 Å². The summed E-state index contributed by atoms with van der Waals surface area (Å²) in [6.07, 6.45) is 0.934. The molecular formula is C25H25N3O3S. The second-order valence-electron chi connectivity index (χ2n) is 8.16. The number of hydrogen-bond acceptors (Lipinski definition) is 4. The molecule has 32 heavy (non-hydrogen) atoms. The highest BCUT2D eigenvalue weighted by atomic mass is 32.2. The minimum absolute atomic E-state index is 0.0284. The molecule has 4 rings (SSSR count). The number of carbonyl (C=O) groups is 1. The van der Waals surface area contributed by atoms with Gasteiger partial charge in [-0.15, -0.1) is 0 Å². The molecule has 3 aromatic carbocycles. The summed E-state index contributed by atoms with van der Waals surface area (Å²) in [5.41, 5.74) is 1.20. The molecule has 1 aliphatic rings. The van der Waals surface area contributed by atoms with Gasteiger partial charge in [0.2, 0.25) is 15.9 Å². The van der Waals surface area contributed by atoms with Crippen molar-refractivity contribution in [3.8, 4) is 6.07 Å². The van der Waals surface area contributed by atoms with E-state index in [0.29, 0.717) is 19.4 Å². The van der Waals surface area contributed by atoms with E-state index in [2.05, 4.69) is 24.3 Å². The van der Waals surface area contributed by atoms with Crippen LogP contribution in [-0.2, 0) is 21.4 Å². The van der Waals surface area contributed by atoms with Crippen LogP contribution in [0.4, 0.5) is 0 Å². The normalized spacial score (nSPS) is 15.4. The molecule has 1 fully saturated rings. The van der Waals surface area contributed by atoms with Gasteiger partial charge in [-0.2, -0.15) is 9.57 Å². The number of benzene rings is 3. The number of nitrogens with zero attached hydrogens (tertiary/aromatic N) is 3. The van der Waals surface area contributed by atoms with E-state index in [0.717, 1.165) is 16.3 Å². The molecule has 0 N–H and O–H groups in total. The van der Waals surface area contributed by atoms with Crippen molar-refractivity contribution in [3.05, 3.63) is 77.9 Å². The summed E-state index contributed by atoms with van der Waals surface area (Å²) < 4.78 is 27.4. The molecule has 1 amide bonds. The second kappa shape index (κ2) is 9.11. The highest BCUT2D eigenvalue weighted by molar-refractivity contribution is 7.89. The van der Waals surface area contributed by atoms with Crippen LogP contribution in [0.15, 0.2) is 71.6 Å². The number of nitriles is 1. The van der Waals surface area contributed by atoms with E-state index < -0.39 is 10.0 Å². The Kier molecular flexibility index (Phi) is 6.26. The van der Waals surface area contributed by atoms with Gasteiger partial charge in [-0.3, -0.25) is 4.79 Å². The smallest absolute Gasteiger partial charge is 0.244 e. The van der Waals surface area contributed by atoms with Crippen molar-refractivity contribution in [3.63, 3.8) is 0 Å². The van der Waals surface area contributed by atoms with Crippen molar-refractivity contribution in [1.29, 1.82) is 5.26 Å². The van der Waals surface area contributed by atoms with Crippen molar-refractivity contribution in [2.24, 2.45) is 5.92 Å². The zero-order valence-corrected chi connectivity index (χ0v) is 18.8. The maximum Gasteiger partial charge on any atom is 0.244 e. The summed E-state index contributed by atoms with van der Waals surface area (Å²) >= 11 is 0. The van der Waals surface area contributed by atoms with Crippen molar-refractivity contribution < 1.29 is 13.2 Å². The lowest BCUT2D eigenvalue weighted by molar-refractivity contribution is -0.135. The zero-order chi connectivity index (χ0) is 22.7. The predicted molar refractivity (Wildman–Crippen MR) is 123 cm³/mol. The molecule has 0 aliphatic carbocycles. The Morgan fingerprint density at radius 1 is 1.03 bits per heavy atom. The Labute approximate surface area is 188 Å². The van der Waals surface area contributed by atoms with E-state index in [4.69, 9.17) is 0 Å². The molecule has 0 aromatic heterocycles. The second-order valence-corrected chi connectivity index (χ2v) is 10.1.